The number of aromatic nitrogens is 6. The molecule has 6 heterocycles. The SMILES string of the molecule is COc1ccc(S(=O)(=O)c2ccc(C(=O)NCc3cnccn3)o2)cc1.Cc1ccc(S(=O)(=O)c2ccc(C(=O)NCc3ccn(C)n3)o2)cc1.Cc1ccc(S(=O)(=O)c2ccc(C(=O)NCc3cnc(C)cn3)o2)cc1. The molecule has 398 valence electrons. The predicted octanol–water partition coefficient (Wildman–Crippen LogP) is 6.37. The Morgan fingerprint density at radius 2 is 0.909 bits per heavy atom. The van der Waals surface area contributed by atoms with Gasteiger partial charge in [0.15, 0.2) is 17.3 Å². The minimum atomic E-state index is -3.87. The van der Waals surface area contributed by atoms with Crippen LogP contribution in [0.2, 0.25) is 0 Å². The first-order valence-corrected chi connectivity index (χ1v) is 27.4. The van der Waals surface area contributed by atoms with Crippen molar-refractivity contribution < 1.29 is 57.6 Å². The topological polar surface area (TPSA) is 308 Å². The second-order valence-corrected chi connectivity index (χ2v) is 22.2. The number of nitrogens with one attached hydrogen (secondary N) is 3. The van der Waals surface area contributed by atoms with Gasteiger partial charge in [-0.1, -0.05) is 35.4 Å². The standard InChI is InChI=1S/C18H17N3O4S.C17H15N3O5S.C17H17N3O4S/c1-12-3-5-15(6-4-12)26(23,24)17-8-7-16(25-17)18(22)21-11-14-10-19-13(2)9-20-14;1-24-13-2-4-14(5-3-13)26(22,23)16-7-6-15(25-16)17(21)20-11-12-10-18-8-9-19-12;1-12-3-5-14(6-4-12)25(22,23)16-8-7-15(24-16)17(21)18-11-13-9-10-20(2)19-13/h3-10H,11H2,1-2H3,(H,21,22);2-10H,11H2,1H3,(H,20,21);3-10H,11H2,1-2H3,(H,18,21). The number of amides is 3. The van der Waals surface area contributed by atoms with E-state index in [0.29, 0.717) is 22.8 Å². The number of carbonyl (C=O) groups excluding carboxylic acids is 3. The van der Waals surface area contributed by atoms with E-state index < -0.39 is 47.2 Å². The molecule has 0 saturated carbocycles. The van der Waals surface area contributed by atoms with E-state index in [0.717, 1.165) is 16.8 Å². The Kier molecular flexibility index (Phi) is 17.7. The number of nitrogens with zero attached hydrogens (tertiary/aromatic N) is 6. The lowest BCUT2D eigenvalue weighted by molar-refractivity contribution is 0.0910. The Morgan fingerprint density at radius 3 is 1.27 bits per heavy atom. The lowest BCUT2D eigenvalue weighted by atomic mass is 10.2. The molecule has 22 nitrogen and oxygen atoms in total. The van der Waals surface area contributed by atoms with E-state index in [2.05, 4.69) is 41.0 Å². The van der Waals surface area contributed by atoms with Crippen LogP contribution < -0.4 is 20.7 Å². The Hall–Kier alpha value is -9.07. The molecule has 3 amide bonds. The van der Waals surface area contributed by atoms with E-state index in [1.807, 2.05) is 20.8 Å². The molecule has 0 unspecified atom stereocenters. The third-order valence-corrected chi connectivity index (χ3v) is 15.7. The quantitative estimate of drug-likeness (QED) is 0.0946. The van der Waals surface area contributed by atoms with Crippen molar-refractivity contribution in [1.29, 1.82) is 0 Å². The van der Waals surface area contributed by atoms with Crippen molar-refractivity contribution in [3.05, 3.63) is 204 Å². The zero-order valence-corrected chi connectivity index (χ0v) is 44.2. The fourth-order valence-electron chi connectivity index (χ4n) is 6.56. The number of methoxy groups -OCH3 is 1. The van der Waals surface area contributed by atoms with Crippen LogP contribution in [0.4, 0.5) is 0 Å². The van der Waals surface area contributed by atoms with Crippen molar-refractivity contribution in [2.24, 2.45) is 7.05 Å². The summed E-state index contributed by atoms with van der Waals surface area (Å²) >= 11 is 0. The van der Waals surface area contributed by atoms with E-state index in [4.69, 9.17) is 18.0 Å². The van der Waals surface area contributed by atoms with Crippen molar-refractivity contribution in [3.63, 3.8) is 0 Å². The minimum Gasteiger partial charge on any atom is -0.497 e. The Bertz CT molecular complexity index is 3820. The molecule has 9 rings (SSSR count). The average molecular weight is 1100 g/mol. The van der Waals surface area contributed by atoms with Crippen LogP contribution in [0.25, 0.3) is 0 Å². The molecule has 25 heteroatoms. The van der Waals surface area contributed by atoms with E-state index >= 15 is 0 Å². The summed E-state index contributed by atoms with van der Waals surface area (Å²) < 4.78 is 97.7. The van der Waals surface area contributed by atoms with Crippen LogP contribution in [0.1, 0.15) is 65.6 Å². The summed E-state index contributed by atoms with van der Waals surface area (Å²) in [6, 6.07) is 28.3. The molecular formula is C52H49N9O13S3. The largest absolute Gasteiger partial charge is 0.497 e. The van der Waals surface area contributed by atoms with E-state index in [9.17, 15) is 39.6 Å². The third kappa shape index (κ3) is 14.4. The highest BCUT2D eigenvalue weighted by Gasteiger charge is 2.26. The molecule has 0 saturated heterocycles. The molecule has 0 aliphatic rings. The summed E-state index contributed by atoms with van der Waals surface area (Å²) in [6.07, 6.45) is 9.47. The van der Waals surface area contributed by atoms with Gasteiger partial charge < -0.3 is 33.9 Å². The normalized spacial score (nSPS) is 11.3. The van der Waals surface area contributed by atoms with Gasteiger partial charge >= 0.3 is 0 Å². The van der Waals surface area contributed by atoms with Gasteiger partial charge in [-0.05, 0) is 112 Å². The van der Waals surface area contributed by atoms with E-state index in [1.165, 1.54) is 111 Å². The van der Waals surface area contributed by atoms with Crippen molar-refractivity contribution in [1.82, 2.24) is 45.7 Å². The summed E-state index contributed by atoms with van der Waals surface area (Å²) in [5.41, 5.74) is 4.52. The molecule has 77 heavy (non-hydrogen) atoms. The molecule has 0 spiro atoms. The molecule has 3 N–H and O–H groups in total. The van der Waals surface area contributed by atoms with Crippen LogP contribution in [0, 0.1) is 20.8 Å². The van der Waals surface area contributed by atoms with Gasteiger partial charge in [-0.25, -0.2) is 25.3 Å². The molecule has 3 aromatic carbocycles. The summed E-state index contributed by atoms with van der Waals surface area (Å²) in [7, 11) is -8.21. The summed E-state index contributed by atoms with van der Waals surface area (Å²) in [6.45, 7) is 6.08. The van der Waals surface area contributed by atoms with Crippen LogP contribution in [0.5, 0.6) is 5.75 Å². The molecule has 0 bridgehead atoms. The summed E-state index contributed by atoms with van der Waals surface area (Å²) in [5.74, 6) is -1.31. The van der Waals surface area contributed by atoms with Crippen molar-refractivity contribution in [2.75, 3.05) is 7.11 Å². The molecule has 9 aromatic rings. The number of furan rings is 3. The number of hydrogen-bond acceptors (Lipinski definition) is 18. The fraction of sp³-hybridized carbons (Fsp3) is 0.154. The maximum absolute atomic E-state index is 12.6. The first-order valence-electron chi connectivity index (χ1n) is 22.9. The van der Waals surface area contributed by atoms with Gasteiger partial charge in [0, 0.05) is 31.8 Å². The van der Waals surface area contributed by atoms with E-state index in [1.54, 1.807) is 60.7 Å². The highest BCUT2D eigenvalue weighted by Crippen LogP contribution is 2.27. The molecule has 0 atom stereocenters. The van der Waals surface area contributed by atoms with Crippen molar-refractivity contribution in [2.45, 2.75) is 70.4 Å². The monoisotopic (exact) mass is 1100 g/mol. The van der Waals surface area contributed by atoms with Crippen LogP contribution in [-0.4, -0.2) is 79.8 Å². The van der Waals surface area contributed by atoms with Gasteiger partial charge in [0.25, 0.3) is 17.7 Å². The molecule has 0 radical (unpaired) electrons. The van der Waals surface area contributed by atoms with E-state index in [-0.39, 0.29) is 66.9 Å². The highest BCUT2D eigenvalue weighted by molar-refractivity contribution is 7.92. The van der Waals surface area contributed by atoms with Crippen LogP contribution in [0.3, 0.4) is 0 Å². The fourth-order valence-corrected chi connectivity index (χ4v) is 10.1. The Balaban J connectivity index is 0.000000168. The Morgan fingerprint density at radius 1 is 0.494 bits per heavy atom. The lowest BCUT2D eigenvalue weighted by Crippen LogP contribution is -2.23. The predicted molar refractivity (Wildman–Crippen MR) is 273 cm³/mol. The summed E-state index contributed by atoms with van der Waals surface area (Å²) in [5, 5.41) is 11.1. The van der Waals surface area contributed by atoms with Crippen molar-refractivity contribution in [3.8, 4) is 5.75 Å². The number of ether oxygens (including phenoxy) is 1. The van der Waals surface area contributed by atoms with Crippen LogP contribution in [-0.2, 0) is 56.2 Å². The third-order valence-electron chi connectivity index (χ3n) is 10.8. The zero-order chi connectivity index (χ0) is 55.3. The Labute approximate surface area is 442 Å². The number of rotatable bonds is 16. The van der Waals surface area contributed by atoms with Gasteiger partial charge in [0.2, 0.25) is 44.8 Å². The van der Waals surface area contributed by atoms with Gasteiger partial charge in [-0.15, -0.1) is 0 Å². The van der Waals surface area contributed by atoms with Crippen LogP contribution in [0.15, 0.2) is 196 Å². The van der Waals surface area contributed by atoms with Crippen LogP contribution >= 0.6 is 0 Å². The van der Waals surface area contributed by atoms with Gasteiger partial charge in [0.05, 0.1) is 76.6 Å². The van der Waals surface area contributed by atoms with Crippen molar-refractivity contribution >= 4 is 47.2 Å². The number of sulfone groups is 3. The number of aryl methyl sites for hydroxylation is 4. The molecule has 6 aromatic heterocycles. The zero-order valence-electron chi connectivity index (χ0n) is 41.8. The lowest BCUT2D eigenvalue weighted by Gasteiger charge is -2.04. The number of carbonyl (C=O) groups is 3. The average Bonchev–Trinajstić information content (AvgIpc) is 4.30. The molecule has 0 aliphatic carbocycles. The maximum atomic E-state index is 12.6. The maximum Gasteiger partial charge on any atom is 0.287 e. The van der Waals surface area contributed by atoms with Gasteiger partial charge in [0.1, 0.15) is 5.75 Å². The smallest absolute Gasteiger partial charge is 0.287 e. The van der Waals surface area contributed by atoms with Gasteiger partial charge in [-0.3, -0.25) is 39.0 Å². The summed E-state index contributed by atoms with van der Waals surface area (Å²) in [4.78, 5) is 52.8. The first-order chi connectivity index (χ1) is 36.7. The molecule has 0 aliphatic heterocycles. The second-order valence-electron chi connectivity index (χ2n) is 16.5. The number of benzene rings is 3. The first kappa shape index (κ1) is 55.7. The second kappa shape index (κ2) is 24.5. The highest BCUT2D eigenvalue weighted by atomic mass is 32.2. The molecule has 0 fully saturated rings. The molecular weight excluding hydrogens is 1050 g/mol. The number of hydrogen-bond donors (Lipinski definition) is 3. The minimum absolute atomic E-state index is 0.0409. The van der Waals surface area contributed by atoms with Gasteiger partial charge in [-0.2, -0.15) is 5.10 Å².